The predicted molar refractivity (Wildman–Crippen MR) is 129 cm³/mol. The quantitative estimate of drug-likeness (QED) is 0.544. The highest BCUT2D eigenvalue weighted by atomic mass is 32.2. The van der Waals surface area contributed by atoms with Crippen molar-refractivity contribution in [3.63, 3.8) is 0 Å². The Labute approximate surface area is 195 Å². The summed E-state index contributed by atoms with van der Waals surface area (Å²) in [6.07, 6.45) is 0.373. The molecule has 1 amide bonds. The number of carbonyl (C=O) groups excluding carboxylic acids is 1. The Morgan fingerprint density at radius 1 is 0.939 bits per heavy atom. The third-order valence-electron chi connectivity index (χ3n) is 6.81. The monoisotopic (exact) mass is 458 g/mol. The molecule has 0 radical (unpaired) electrons. The van der Waals surface area contributed by atoms with Crippen molar-refractivity contribution in [1.29, 1.82) is 0 Å². The normalized spacial score (nSPS) is 20.9. The molecule has 5 rings (SSSR count). The van der Waals surface area contributed by atoms with E-state index in [9.17, 15) is 13.2 Å². The molecule has 3 aromatic carbocycles. The first-order valence-corrected chi connectivity index (χ1v) is 12.5. The van der Waals surface area contributed by atoms with Gasteiger partial charge in [0.15, 0.2) is 0 Å². The number of sulfonamides is 1. The Morgan fingerprint density at radius 3 is 2.30 bits per heavy atom. The lowest BCUT2D eigenvalue weighted by molar-refractivity contribution is -0.122. The molecule has 0 aliphatic carbocycles. The zero-order valence-electron chi connectivity index (χ0n) is 18.6. The number of anilines is 1. The van der Waals surface area contributed by atoms with Gasteiger partial charge in [-0.15, -0.1) is 0 Å². The molecule has 0 N–H and O–H groups in total. The molecule has 6 heteroatoms. The maximum atomic E-state index is 13.9. The van der Waals surface area contributed by atoms with Gasteiger partial charge < -0.3 is 4.90 Å². The van der Waals surface area contributed by atoms with E-state index in [0.29, 0.717) is 18.5 Å². The average Bonchev–Trinajstić information content (AvgIpc) is 3.05. The zero-order chi connectivity index (χ0) is 23.2. The number of carbonyl (C=O) groups is 1. The van der Waals surface area contributed by atoms with Crippen LogP contribution in [0.3, 0.4) is 0 Å². The molecule has 2 heterocycles. The van der Waals surface area contributed by atoms with Crippen LogP contribution >= 0.6 is 0 Å². The van der Waals surface area contributed by atoms with E-state index in [4.69, 9.17) is 0 Å². The highest BCUT2D eigenvalue weighted by molar-refractivity contribution is 7.89. The fraction of sp³-hybridized carbons (Fsp3) is 0.222. The number of hydrogen-bond acceptors (Lipinski definition) is 3. The summed E-state index contributed by atoms with van der Waals surface area (Å²) in [6.45, 7) is 7.03. The van der Waals surface area contributed by atoms with Crippen LogP contribution in [0.4, 0.5) is 5.69 Å². The lowest BCUT2D eigenvalue weighted by atomic mass is 9.71. The number of fused-ring (bicyclic) bond motifs is 2. The number of benzene rings is 3. The Balaban J connectivity index is 1.48. The summed E-state index contributed by atoms with van der Waals surface area (Å²) >= 11 is 0. The molecule has 0 saturated carbocycles. The van der Waals surface area contributed by atoms with Crippen LogP contribution in [0.5, 0.6) is 0 Å². The van der Waals surface area contributed by atoms with E-state index in [1.807, 2.05) is 66.4 Å². The van der Waals surface area contributed by atoms with Gasteiger partial charge in [-0.25, -0.2) is 8.42 Å². The first-order valence-electron chi connectivity index (χ1n) is 11.0. The summed E-state index contributed by atoms with van der Waals surface area (Å²) in [5, 5.41) is 0. The molecule has 2 aliphatic heterocycles. The average molecular weight is 459 g/mol. The number of rotatable bonds is 4. The molecular formula is C27H26N2O3S. The van der Waals surface area contributed by atoms with Crippen molar-refractivity contribution in [3.05, 3.63) is 108 Å². The van der Waals surface area contributed by atoms with Gasteiger partial charge in [0.25, 0.3) is 0 Å². The van der Waals surface area contributed by atoms with Crippen LogP contribution < -0.4 is 4.90 Å². The zero-order valence-corrected chi connectivity index (χ0v) is 19.4. The van der Waals surface area contributed by atoms with E-state index in [1.165, 1.54) is 4.31 Å². The van der Waals surface area contributed by atoms with Gasteiger partial charge in [0.05, 0.1) is 16.9 Å². The predicted octanol–water partition coefficient (Wildman–Crippen LogP) is 4.43. The summed E-state index contributed by atoms with van der Waals surface area (Å²) < 4.78 is 28.0. The minimum absolute atomic E-state index is 0.0232. The van der Waals surface area contributed by atoms with Crippen LogP contribution in [0.1, 0.15) is 23.1 Å². The summed E-state index contributed by atoms with van der Waals surface area (Å²) in [7, 11) is -3.67. The Kier molecular flexibility index (Phi) is 5.22. The standard InChI is InChI=1S/C27H26N2O3S/c1-20-12-14-23(15-13-20)33(31,32)28-17-16-27(21(2)18-28)24-10-6-7-11-25(24)29(26(27)30)19-22-8-4-3-5-9-22/h3-15H,2,16-19H2,1H3. The van der Waals surface area contributed by atoms with Gasteiger partial charge in [-0.2, -0.15) is 4.31 Å². The molecule has 1 atom stereocenters. The molecule has 168 valence electrons. The topological polar surface area (TPSA) is 57.7 Å². The number of amides is 1. The Morgan fingerprint density at radius 2 is 1.61 bits per heavy atom. The van der Waals surface area contributed by atoms with Crippen LogP contribution in [0.25, 0.3) is 0 Å². The fourth-order valence-electron chi connectivity index (χ4n) is 4.99. The van der Waals surface area contributed by atoms with Gasteiger partial charge in [0.1, 0.15) is 0 Å². The van der Waals surface area contributed by atoms with Gasteiger partial charge >= 0.3 is 0 Å². The van der Waals surface area contributed by atoms with Crippen molar-refractivity contribution in [2.45, 2.75) is 30.2 Å². The van der Waals surface area contributed by atoms with Gasteiger partial charge in [0.2, 0.25) is 15.9 Å². The first-order chi connectivity index (χ1) is 15.8. The molecule has 3 aromatic rings. The second-order valence-corrected chi connectivity index (χ2v) is 10.7. The third kappa shape index (κ3) is 3.41. The number of nitrogens with zero attached hydrogens (tertiary/aromatic N) is 2. The maximum Gasteiger partial charge on any atom is 0.243 e. The summed E-state index contributed by atoms with van der Waals surface area (Å²) in [6, 6.07) is 24.6. The van der Waals surface area contributed by atoms with E-state index in [1.54, 1.807) is 24.3 Å². The van der Waals surface area contributed by atoms with Crippen LogP contribution in [0, 0.1) is 6.92 Å². The van der Waals surface area contributed by atoms with Gasteiger partial charge in [0, 0.05) is 18.8 Å². The summed E-state index contributed by atoms with van der Waals surface area (Å²) in [5.41, 5.74) is 3.57. The SMILES string of the molecule is C=C1CN(S(=O)(=O)c2ccc(C)cc2)CCC12C(=O)N(Cc1ccccc1)c1ccccc12. The van der Waals surface area contributed by atoms with Crippen molar-refractivity contribution in [2.24, 2.45) is 0 Å². The summed E-state index contributed by atoms with van der Waals surface area (Å²) in [4.78, 5) is 16.0. The van der Waals surface area contributed by atoms with Gasteiger partial charge in [-0.1, -0.05) is 72.8 Å². The molecule has 33 heavy (non-hydrogen) atoms. The Hall–Kier alpha value is -3.22. The van der Waals surface area contributed by atoms with Crippen LogP contribution in [-0.4, -0.2) is 31.7 Å². The van der Waals surface area contributed by atoms with E-state index < -0.39 is 15.4 Å². The number of aryl methyl sites for hydroxylation is 1. The van der Waals surface area contributed by atoms with E-state index >= 15 is 0 Å². The highest BCUT2D eigenvalue weighted by Crippen LogP contribution is 2.50. The molecule has 0 bridgehead atoms. The lowest BCUT2D eigenvalue weighted by Crippen LogP contribution is -2.51. The fourth-order valence-corrected chi connectivity index (χ4v) is 6.43. The van der Waals surface area contributed by atoms with Crippen molar-refractivity contribution in [1.82, 2.24) is 4.31 Å². The molecule has 1 spiro atoms. The highest BCUT2D eigenvalue weighted by Gasteiger charge is 2.55. The number of piperidine rings is 1. The van der Waals surface area contributed by atoms with E-state index in [2.05, 4.69) is 6.58 Å². The second kappa shape index (κ2) is 7.97. The molecule has 1 unspecified atom stereocenters. The van der Waals surface area contributed by atoms with Crippen molar-refractivity contribution in [2.75, 3.05) is 18.0 Å². The molecule has 1 saturated heterocycles. The van der Waals surface area contributed by atoms with E-state index in [0.717, 1.165) is 22.4 Å². The summed E-state index contributed by atoms with van der Waals surface area (Å²) in [5.74, 6) is -0.0232. The minimum atomic E-state index is -3.67. The molecule has 0 aromatic heterocycles. The largest absolute Gasteiger partial charge is 0.307 e. The lowest BCUT2D eigenvalue weighted by Gasteiger charge is -2.39. The third-order valence-corrected chi connectivity index (χ3v) is 8.67. The maximum absolute atomic E-state index is 13.9. The van der Waals surface area contributed by atoms with Crippen LogP contribution in [0.15, 0.2) is 95.9 Å². The van der Waals surface area contributed by atoms with Crippen LogP contribution in [0.2, 0.25) is 0 Å². The Bertz CT molecular complexity index is 1330. The second-order valence-electron chi connectivity index (χ2n) is 8.80. The van der Waals surface area contributed by atoms with Crippen LogP contribution in [-0.2, 0) is 26.8 Å². The molecule has 1 fully saturated rings. The molecule has 5 nitrogen and oxygen atoms in total. The van der Waals surface area contributed by atoms with Crippen molar-refractivity contribution in [3.8, 4) is 0 Å². The minimum Gasteiger partial charge on any atom is -0.307 e. The van der Waals surface area contributed by atoms with Crippen molar-refractivity contribution < 1.29 is 13.2 Å². The van der Waals surface area contributed by atoms with Gasteiger partial charge in [-0.05, 0) is 48.2 Å². The number of para-hydroxylation sites is 1. The number of hydrogen-bond donors (Lipinski definition) is 0. The van der Waals surface area contributed by atoms with Gasteiger partial charge in [-0.3, -0.25) is 4.79 Å². The smallest absolute Gasteiger partial charge is 0.243 e. The van der Waals surface area contributed by atoms with E-state index in [-0.39, 0.29) is 23.9 Å². The molecular weight excluding hydrogens is 432 g/mol. The molecule has 2 aliphatic rings. The van der Waals surface area contributed by atoms with Crippen molar-refractivity contribution >= 4 is 21.6 Å². The first kappa shape index (κ1) is 21.6.